The topological polar surface area (TPSA) is 38.9 Å². The predicted octanol–water partition coefficient (Wildman–Crippen LogP) is 2.95. The molecule has 0 saturated heterocycles. The summed E-state index contributed by atoms with van der Waals surface area (Å²) in [7, 11) is 0. The lowest BCUT2D eigenvalue weighted by molar-refractivity contribution is -0.137. The van der Waals surface area contributed by atoms with Gasteiger partial charge in [-0.3, -0.25) is 4.98 Å². The summed E-state index contributed by atoms with van der Waals surface area (Å²) in [6.07, 6.45) is -3.70. The van der Waals surface area contributed by atoms with Crippen LogP contribution in [0.5, 0.6) is 0 Å². The Kier molecular flexibility index (Phi) is 2.98. The van der Waals surface area contributed by atoms with Gasteiger partial charge in [0.15, 0.2) is 0 Å². The summed E-state index contributed by atoms with van der Waals surface area (Å²) in [6, 6.07) is 0.832. The molecule has 1 aromatic rings. The predicted molar refractivity (Wildman–Crippen MR) is 51.5 cm³/mol. The molecule has 1 aromatic heterocycles. The molecule has 0 bridgehead atoms. The van der Waals surface area contributed by atoms with E-state index in [0.717, 1.165) is 12.3 Å². The fraction of sp³-hybridized carbons (Fsp3) is 0.444. The molecule has 0 aliphatic rings. The van der Waals surface area contributed by atoms with Crippen LogP contribution in [0.1, 0.15) is 25.1 Å². The van der Waals surface area contributed by atoms with Crippen molar-refractivity contribution in [3.63, 3.8) is 0 Å². The minimum absolute atomic E-state index is 0.0719. The van der Waals surface area contributed by atoms with Crippen molar-refractivity contribution in [1.82, 2.24) is 4.98 Å². The Morgan fingerprint density at radius 1 is 1.33 bits per heavy atom. The average molecular weight is 239 g/mol. The van der Waals surface area contributed by atoms with Gasteiger partial charge in [-0.05, 0) is 19.9 Å². The molecule has 0 spiro atoms. The molecule has 6 heteroatoms. The number of alkyl halides is 3. The first-order valence-electron chi connectivity index (χ1n) is 4.14. The Morgan fingerprint density at radius 3 is 2.20 bits per heavy atom. The minimum atomic E-state index is -4.44. The standard InChI is InChI=1S/C9H10ClF3N2/c1-8(2,14)7-6(10)3-5(4-15-7)9(11,12)13/h3-4H,14H2,1-2H3. The lowest BCUT2D eigenvalue weighted by Gasteiger charge is -2.19. The lowest BCUT2D eigenvalue weighted by atomic mass is 10.0. The quantitative estimate of drug-likeness (QED) is 0.817. The third kappa shape index (κ3) is 2.82. The molecule has 0 aliphatic heterocycles. The third-order valence-electron chi connectivity index (χ3n) is 1.78. The van der Waals surface area contributed by atoms with Crippen LogP contribution in [0.15, 0.2) is 12.3 Å². The van der Waals surface area contributed by atoms with Gasteiger partial charge in [-0.1, -0.05) is 11.6 Å². The number of pyridine rings is 1. The van der Waals surface area contributed by atoms with Crippen LogP contribution in [0, 0.1) is 0 Å². The molecule has 2 nitrogen and oxygen atoms in total. The van der Waals surface area contributed by atoms with Crippen molar-refractivity contribution in [2.45, 2.75) is 25.6 Å². The van der Waals surface area contributed by atoms with E-state index in [4.69, 9.17) is 17.3 Å². The van der Waals surface area contributed by atoms with Crippen LogP contribution in [0.2, 0.25) is 5.02 Å². The molecule has 0 amide bonds. The van der Waals surface area contributed by atoms with Crippen molar-refractivity contribution in [2.24, 2.45) is 5.73 Å². The summed E-state index contributed by atoms with van der Waals surface area (Å²) in [4.78, 5) is 3.64. The van der Waals surface area contributed by atoms with Crippen molar-refractivity contribution in [3.8, 4) is 0 Å². The van der Waals surface area contributed by atoms with Crippen molar-refractivity contribution < 1.29 is 13.2 Å². The second-order valence-electron chi connectivity index (χ2n) is 3.77. The van der Waals surface area contributed by atoms with Crippen LogP contribution < -0.4 is 5.73 Å². The first kappa shape index (κ1) is 12.3. The largest absolute Gasteiger partial charge is 0.417 e. The maximum atomic E-state index is 12.3. The van der Waals surface area contributed by atoms with Gasteiger partial charge in [0.05, 0.1) is 21.8 Å². The highest BCUT2D eigenvalue weighted by atomic mass is 35.5. The summed E-state index contributed by atoms with van der Waals surface area (Å²) < 4.78 is 36.8. The number of hydrogen-bond donors (Lipinski definition) is 1. The third-order valence-corrected chi connectivity index (χ3v) is 2.07. The van der Waals surface area contributed by atoms with Gasteiger partial charge in [0.1, 0.15) is 0 Å². The molecular formula is C9H10ClF3N2. The zero-order valence-corrected chi connectivity index (χ0v) is 8.95. The van der Waals surface area contributed by atoms with E-state index in [2.05, 4.69) is 4.98 Å². The Hall–Kier alpha value is -0.810. The van der Waals surface area contributed by atoms with Gasteiger partial charge >= 0.3 is 6.18 Å². The fourth-order valence-electron chi connectivity index (χ4n) is 1.07. The van der Waals surface area contributed by atoms with Crippen molar-refractivity contribution >= 4 is 11.6 Å². The van der Waals surface area contributed by atoms with Crippen LogP contribution in [-0.4, -0.2) is 4.98 Å². The van der Waals surface area contributed by atoms with Gasteiger partial charge in [0, 0.05) is 6.20 Å². The average Bonchev–Trinajstić information content (AvgIpc) is 1.99. The van der Waals surface area contributed by atoms with Crippen LogP contribution in [0.4, 0.5) is 13.2 Å². The SMILES string of the molecule is CC(C)(N)c1ncc(C(F)(F)F)cc1Cl. The second kappa shape index (κ2) is 3.64. The van der Waals surface area contributed by atoms with E-state index in [-0.39, 0.29) is 10.7 Å². The van der Waals surface area contributed by atoms with Crippen LogP contribution in [0.25, 0.3) is 0 Å². The zero-order chi connectivity index (χ0) is 11.9. The Bertz CT molecular complexity index is 369. The van der Waals surface area contributed by atoms with Gasteiger partial charge in [-0.25, -0.2) is 0 Å². The molecule has 15 heavy (non-hydrogen) atoms. The normalized spacial score (nSPS) is 13.0. The Balaban J connectivity index is 3.21. The number of aromatic nitrogens is 1. The van der Waals surface area contributed by atoms with Gasteiger partial charge < -0.3 is 5.73 Å². The van der Waals surface area contributed by atoms with Gasteiger partial charge in [0.2, 0.25) is 0 Å². The van der Waals surface area contributed by atoms with E-state index in [1.165, 1.54) is 0 Å². The molecule has 2 N–H and O–H groups in total. The number of rotatable bonds is 1. The highest BCUT2D eigenvalue weighted by molar-refractivity contribution is 6.31. The fourth-order valence-corrected chi connectivity index (χ4v) is 1.48. The number of nitrogens with two attached hydrogens (primary N) is 1. The smallest absolute Gasteiger partial charge is 0.321 e. The summed E-state index contributed by atoms with van der Waals surface area (Å²) in [5.74, 6) is 0. The van der Waals surface area contributed by atoms with E-state index in [9.17, 15) is 13.2 Å². The summed E-state index contributed by atoms with van der Waals surface area (Å²) in [5, 5.41) is -0.0719. The molecule has 0 atom stereocenters. The summed E-state index contributed by atoms with van der Waals surface area (Å²) in [6.45, 7) is 3.24. The van der Waals surface area contributed by atoms with Crippen molar-refractivity contribution in [2.75, 3.05) is 0 Å². The molecular weight excluding hydrogens is 229 g/mol. The van der Waals surface area contributed by atoms with E-state index in [0.29, 0.717) is 0 Å². The monoisotopic (exact) mass is 238 g/mol. The van der Waals surface area contributed by atoms with E-state index < -0.39 is 17.3 Å². The molecule has 0 aliphatic carbocycles. The molecule has 1 rings (SSSR count). The van der Waals surface area contributed by atoms with E-state index in [1.54, 1.807) is 13.8 Å². The zero-order valence-electron chi connectivity index (χ0n) is 8.19. The van der Waals surface area contributed by atoms with Gasteiger partial charge in [-0.2, -0.15) is 13.2 Å². The Morgan fingerprint density at radius 2 is 1.87 bits per heavy atom. The minimum Gasteiger partial charge on any atom is -0.321 e. The van der Waals surface area contributed by atoms with Gasteiger partial charge in [0.25, 0.3) is 0 Å². The molecule has 1 heterocycles. The number of halogens is 4. The maximum Gasteiger partial charge on any atom is 0.417 e. The first-order chi connectivity index (χ1) is 6.62. The van der Waals surface area contributed by atoms with Crippen LogP contribution in [0.3, 0.4) is 0 Å². The van der Waals surface area contributed by atoms with Crippen molar-refractivity contribution in [3.05, 3.63) is 28.5 Å². The second-order valence-corrected chi connectivity index (χ2v) is 4.18. The number of hydrogen-bond acceptors (Lipinski definition) is 2. The highest BCUT2D eigenvalue weighted by Crippen LogP contribution is 2.32. The lowest BCUT2D eigenvalue weighted by Crippen LogP contribution is -2.30. The molecule has 0 unspecified atom stereocenters. The summed E-state index contributed by atoms with van der Waals surface area (Å²) >= 11 is 5.68. The molecule has 0 radical (unpaired) electrons. The molecule has 84 valence electrons. The highest BCUT2D eigenvalue weighted by Gasteiger charge is 2.32. The Labute approximate surface area is 90.3 Å². The maximum absolute atomic E-state index is 12.3. The van der Waals surface area contributed by atoms with Crippen molar-refractivity contribution in [1.29, 1.82) is 0 Å². The van der Waals surface area contributed by atoms with E-state index >= 15 is 0 Å². The first-order valence-corrected chi connectivity index (χ1v) is 4.52. The summed E-state index contributed by atoms with van der Waals surface area (Å²) in [5.41, 5.74) is 4.20. The van der Waals surface area contributed by atoms with Crippen LogP contribution >= 0.6 is 11.6 Å². The molecule has 0 aromatic carbocycles. The molecule has 0 fully saturated rings. The molecule has 0 saturated carbocycles. The van der Waals surface area contributed by atoms with Gasteiger partial charge in [-0.15, -0.1) is 0 Å². The van der Waals surface area contributed by atoms with Crippen LogP contribution in [-0.2, 0) is 11.7 Å². The van der Waals surface area contributed by atoms with E-state index in [1.807, 2.05) is 0 Å². The number of nitrogens with zero attached hydrogens (tertiary/aromatic N) is 1.